The summed E-state index contributed by atoms with van der Waals surface area (Å²) in [5.41, 5.74) is 6.52. The van der Waals surface area contributed by atoms with Crippen molar-refractivity contribution in [3.63, 3.8) is 0 Å². The summed E-state index contributed by atoms with van der Waals surface area (Å²) in [5, 5.41) is 6.88. The van der Waals surface area contributed by atoms with Gasteiger partial charge >= 0.3 is 0 Å². The fourth-order valence-electron chi connectivity index (χ4n) is 1.50. The number of carbonyl (C=O) groups excluding carboxylic acids is 1. The molecule has 2 unspecified atom stereocenters. The molecule has 5 nitrogen and oxygen atoms in total. The van der Waals surface area contributed by atoms with E-state index >= 15 is 0 Å². The lowest BCUT2D eigenvalue weighted by Crippen LogP contribution is -2.38. The zero-order valence-electron chi connectivity index (χ0n) is 10.3. The summed E-state index contributed by atoms with van der Waals surface area (Å²) >= 11 is 0. The van der Waals surface area contributed by atoms with Gasteiger partial charge in [-0.05, 0) is 12.8 Å². The average molecular weight is 224 g/mol. The van der Waals surface area contributed by atoms with Gasteiger partial charge in [-0.25, -0.2) is 0 Å². The molecular weight excluding hydrogens is 204 g/mol. The van der Waals surface area contributed by atoms with Crippen LogP contribution in [0.15, 0.2) is 6.20 Å². The second-order valence-electron chi connectivity index (χ2n) is 4.22. The van der Waals surface area contributed by atoms with Crippen molar-refractivity contribution in [2.45, 2.75) is 33.2 Å². The Balaban J connectivity index is 2.73. The summed E-state index contributed by atoms with van der Waals surface area (Å²) in [4.78, 5) is 11.9. The van der Waals surface area contributed by atoms with Crippen LogP contribution in [0.1, 0.15) is 37.7 Å². The Morgan fingerprint density at radius 3 is 2.69 bits per heavy atom. The standard InChI is InChI=1S/C11H20N4O/c1-5-7(2)8(3)14-11(16)10-9(12)6-13-15(10)4/h6-8H,5,12H2,1-4H3,(H,14,16). The molecule has 0 radical (unpaired) electrons. The van der Waals surface area contributed by atoms with E-state index in [1.54, 1.807) is 7.05 Å². The largest absolute Gasteiger partial charge is 0.396 e. The summed E-state index contributed by atoms with van der Waals surface area (Å²) < 4.78 is 1.49. The molecule has 90 valence electrons. The number of hydrogen-bond donors (Lipinski definition) is 2. The highest BCUT2D eigenvalue weighted by Crippen LogP contribution is 2.11. The number of nitrogens with zero attached hydrogens (tertiary/aromatic N) is 2. The highest BCUT2D eigenvalue weighted by atomic mass is 16.2. The third-order valence-electron chi connectivity index (χ3n) is 3.04. The van der Waals surface area contributed by atoms with Crippen molar-refractivity contribution in [1.82, 2.24) is 15.1 Å². The van der Waals surface area contributed by atoms with Crippen LogP contribution >= 0.6 is 0 Å². The van der Waals surface area contributed by atoms with Crippen molar-refractivity contribution in [2.75, 3.05) is 5.73 Å². The predicted octanol–water partition coefficient (Wildman–Crippen LogP) is 1.17. The molecule has 5 heteroatoms. The number of nitrogen functional groups attached to an aromatic ring is 1. The molecular formula is C11H20N4O. The van der Waals surface area contributed by atoms with Gasteiger partial charge in [0.2, 0.25) is 0 Å². The summed E-state index contributed by atoms with van der Waals surface area (Å²) in [6, 6.07) is 0.131. The maximum absolute atomic E-state index is 11.9. The van der Waals surface area contributed by atoms with Gasteiger partial charge in [-0.3, -0.25) is 9.48 Å². The number of aromatic nitrogens is 2. The fourth-order valence-corrected chi connectivity index (χ4v) is 1.50. The lowest BCUT2D eigenvalue weighted by atomic mass is 10.0. The van der Waals surface area contributed by atoms with Crippen LogP contribution < -0.4 is 11.1 Å². The molecule has 0 aromatic carbocycles. The predicted molar refractivity (Wildman–Crippen MR) is 64.0 cm³/mol. The molecule has 0 fully saturated rings. The number of rotatable bonds is 4. The SMILES string of the molecule is CCC(C)C(C)NC(=O)c1c(N)cnn1C. The van der Waals surface area contributed by atoms with Gasteiger partial charge < -0.3 is 11.1 Å². The third-order valence-corrected chi connectivity index (χ3v) is 3.04. The normalized spacial score (nSPS) is 14.5. The molecule has 1 aromatic rings. The molecule has 1 amide bonds. The van der Waals surface area contributed by atoms with E-state index in [9.17, 15) is 4.79 Å². The molecule has 16 heavy (non-hydrogen) atoms. The fraction of sp³-hybridized carbons (Fsp3) is 0.636. The van der Waals surface area contributed by atoms with Crippen LogP contribution in [0.25, 0.3) is 0 Å². The first-order valence-corrected chi connectivity index (χ1v) is 5.55. The molecule has 0 aliphatic carbocycles. The van der Waals surface area contributed by atoms with Gasteiger partial charge in [0, 0.05) is 13.1 Å². The number of carbonyl (C=O) groups is 1. The maximum atomic E-state index is 11.9. The summed E-state index contributed by atoms with van der Waals surface area (Å²) in [6.07, 6.45) is 2.52. The zero-order chi connectivity index (χ0) is 12.3. The smallest absolute Gasteiger partial charge is 0.271 e. The van der Waals surface area contributed by atoms with Crippen molar-refractivity contribution in [3.8, 4) is 0 Å². The van der Waals surface area contributed by atoms with Gasteiger partial charge in [-0.1, -0.05) is 20.3 Å². The summed E-state index contributed by atoms with van der Waals surface area (Å²) in [6.45, 7) is 6.21. The molecule has 0 bridgehead atoms. The van der Waals surface area contributed by atoms with Gasteiger partial charge in [0.05, 0.1) is 11.9 Å². The Hall–Kier alpha value is -1.52. The van der Waals surface area contributed by atoms with Gasteiger partial charge in [0.25, 0.3) is 5.91 Å². The molecule has 0 aliphatic heterocycles. The summed E-state index contributed by atoms with van der Waals surface area (Å²) in [7, 11) is 1.71. The van der Waals surface area contributed by atoms with E-state index in [-0.39, 0.29) is 11.9 Å². The highest BCUT2D eigenvalue weighted by Gasteiger charge is 2.19. The Kier molecular flexibility index (Phi) is 3.93. The first-order valence-electron chi connectivity index (χ1n) is 5.55. The minimum absolute atomic E-state index is 0.131. The van der Waals surface area contributed by atoms with Crippen molar-refractivity contribution >= 4 is 11.6 Å². The molecule has 0 saturated carbocycles. The van der Waals surface area contributed by atoms with E-state index in [0.29, 0.717) is 17.3 Å². The topological polar surface area (TPSA) is 72.9 Å². The van der Waals surface area contributed by atoms with Gasteiger partial charge in [-0.15, -0.1) is 0 Å². The van der Waals surface area contributed by atoms with Crippen LogP contribution in [0.5, 0.6) is 0 Å². The van der Waals surface area contributed by atoms with E-state index in [1.165, 1.54) is 10.9 Å². The zero-order valence-corrected chi connectivity index (χ0v) is 10.3. The van der Waals surface area contributed by atoms with Gasteiger partial charge in [0.15, 0.2) is 0 Å². The van der Waals surface area contributed by atoms with Crippen LogP contribution in [-0.2, 0) is 7.05 Å². The number of amides is 1. The minimum Gasteiger partial charge on any atom is -0.396 e. The van der Waals surface area contributed by atoms with Crippen LogP contribution in [0.2, 0.25) is 0 Å². The van der Waals surface area contributed by atoms with Crippen LogP contribution in [0, 0.1) is 5.92 Å². The number of nitrogens with one attached hydrogen (secondary N) is 1. The highest BCUT2D eigenvalue weighted by molar-refractivity contribution is 5.97. The molecule has 1 aromatic heterocycles. The molecule has 0 spiro atoms. The summed E-state index contributed by atoms with van der Waals surface area (Å²) in [5.74, 6) is 0.281. The lowest BCUT2D eigenvalue weighted by Gasteiger charge is -2.19. The Labute approximate surface area is 96.0 Å². The Morgan fingerprint density at radius 2 is 2.25 bits per heavy atom. The van der Waals surface area contributed by atoms with Crippen LogP contribution in [-0.4, -0.2) is 21.7 Å². The van der Waals surface area contributed by atoms with E-state index < -0.39 is 0 Å². The number of aryl methyl sites for hydroxylation is 1. The molecule has 0 aliphatic rings. The molecule has 3 N–H and O–H groups in total. The van der Waals surface area contributed by atoms with Crippen LogP contribution in [0.4, 0.5) is 5.69 Å². The van der Waals surface area contributed by atoms with Crippen LogP contribution in [0.3, 0.4) is 0 Å². The molecule has 2 atom stereocenters. The quantitative estimate of drug-likeness (QED) is 0.806. The van der Waals surface area contributed by atoms with Crippen molar-refractivity contribution < 1.29 is 4.79 Å². The van der Waals surface area contributed by atoms with E-state index in [2.05, 4.69) is 24.3 Å². The maximum Gasteiger partial charge on any atom is 0.271 e. The van der Waals surface area contributed by atoms with Crippen molar-refractivity contribution in [3.05, 3.63) is 11.9 Å². The van der Waals surface area contributed by atoms with Crippen molar-refractivity contribution in [2.24, 2.45) is 13.0 Å². The van der Waals surface area contributed by atoms with E-state index in [0.717, 1.165) is 6.42 Å². The molecule has 0 saturated heterocycles. The second kappa shape index (κ2) is 5.01. The average Bonchev–Trinajstić information content (AvgIpc) is 2.57. The number of hydrogen-bond acceptors (Lipinski definition) is 3. The minimum atomic E-state index is -0.162. The molecule has 1 rings (SSSR count). The first kappa shape index (κ1) is 12.5. The van der Waals surface area contributed by atoms with E-state index in [1.807, 2.05) is 6.92 Å². The third kappa shape index (κ3) is 2.53. The second-order valence-corrected chi connectivity index (χ2v) is 4.22. The van der Waals surface area contributed by atoms with E-state index in [4.69, 9.17) is 5.73 Å². The molecule has 1 heterocycles. The lowest BCUT2D eigenvalue weighted by molar-refractivity contribution is 0.0919. The Bertz CT molecular complexity index is 353. The van der Waals surface area contributed by atoms with Gasteiger partial charge in [-0.2, -0.15) is 5.10 Å². The Morgan fingerprint density at radius 1 is 1.62 bits per heavy atom. The van der Waals surface area contributed by atoms with Crippen molar-refractivity contribution in [1.29, 1.82) is 0 Å². The monoisotopic (exact) mass is 224 g/mol. The van der Waals surface area contributed by atoms with Gasteiger partial charge in [0.1, 0.15) is 5.69 Å². The number of anilines is 1. The first-order chi connectivity index (χ1) is 7.47. The number of nitrogens with two attached hydrogens (primary N) is 1.